The first kappa shape index (κ1) is 22.7. The standard InChI is InChI=1S/C26H27N5OS/c1-17-18(2)31(15-20-10-6-5-7-11-20)25(21(17)14-27)29-24(32)16-30(4)19(3)26-28-22-12-8-9-13-23(22)33-26/h5-13,19H,15-16H2,1-4H3,(H,29,32). The second kappa shape index (κ2) is 9.57. The van der Waals surface area contributed by atoms with Crippen LogP contribution in [0.25, 0.3) is 10.2 Å². The van der Waals surface area contributed by atoms with Gasteiger partial charge in [0.15, 0.2) is 0 Å². The number of carbonyl (C=O) groups is 1. The second-order valence-electron chi connectivity index (χ2n) is 8.28. The van der Waals surface area contributed by atoms with Gasteiger partial charge < -0.3 is 9.88 Å². The topological polar surface area (TPSA) is 74.0 Å². The van der Waals surface area contributed by atoms with Crippen LogP contribution >= 0.6 is 11.3 Å². The Bertz CT molecular complexity index is 1300. The summed E-state index contributed by atoms with van der Waals surface area (Å²) in [5.74, 6) is 0.399. The molecule has 0 aliphatic heterocycles. The molecular weight excluding hydrogens is 430 g/mol. The molecule has 4 rings (SSSR count). The number of fused-ring (bicyclic) bond motifs is 1. The van der Waals surface area contributed by atoms with Gasteiger partial charge in [0.2, 0.25) is 5.91 Å². The van der Waals surface area contributed by atoms with Gasteiger partial charge in [0.05, 0.1) is 28.4 Å². The monoisotopic (exact) mass is 457 g/mol. The molecule has 2 aromatic heterocycles. The van der Waals surface area contributed by atoms with Gasteiger partial charge in [0.1, 0.15) is 16.9 Å². The molecule has 6 nitrogen and oxygen atoms in total. The number of likely N-dealkylation sites (N-methyl/N-ethyl adjacent to an activating group) is 1. The molecule has 1 atom stereocenters. The van der Waals surface area contributed by atoms with Gasteiger partial charge >= 0.3 is 0 Å². The van der Waals surface area contributed by atoms with Crippen molar-refractivity contribution in [2.45, 2.75) is 33.4 Å². The second-order valence-corrected chi connectivity index (χ2v) is 9.34. The molecule has 2 heterocycles. The minimum Gasteiger partial charge on any atom is -0.326 e. The maximum Gasteiger partial charge on any atom is 0.239 e. The van der Waals surface area contributed by atoms with Gasteiger partial charge in [0.25, 0.3) is 0 Å². The molecule has 0 fully saturated rings. The van der Waals surface area contributed by atoms with E-state index in [-0.39, 0.29) is 18.5 Å². The van der Waals surface area contributed by atoms with Crippen LogP contribution in [0.1, 0.15) is 40.4 Å². The first-order chi connectivity index (χ1) is 15.9. The quantitative estimate of drug-likeness (QED) is 0.410. The molecular formula is C26H27N5OS. The summed E-state index contributed by atoms with van der Waals surface area (Å²) in [6.45, 7) is 6.74. The van der Waals surface area contributed by atoms with E-state index in [0.717, 1.165) is 32.0 Å². The molecule has 0 aliphatic carbocycles. The number of carbonyl (C=O) groups excluding carboxylic acids is 1. The highest BCUT2D eigenvalue weighted by Crippen LogP contribution is 2.30. The molecule has 1 amide bonds. The number of rotatable bonds is 7. The Labute approximate surface area is 198 Å². The van der Waals surface area contributed by atoms with Crippen LogP contribution in [-0.4, -0.2) is 34.0 Å². The van der Waals surface area contributed by atoms with Crippen molar-refractivity contribution < 1.29 is 4.79 Å². The third-order valence-electron chi connectivity index (χ3n) is 6.10. The summed E-state index contributed by atoms with van der Waals surface area (Å²) in [7, 11) is 1.92. The molecule has 33 heavy (non-hydrogen) atoms. The zero-order chi connectivity index (χ0) is 23.5. The average Bonchev–Trinajstić information content (AvgIpc) is 3.34. The number of hydrogen-bond acceptors (Lipinski definition) is 5. The van der Waals surface area contributed by atoms with E-state index in [1.165, 1.54) is 0 Å². The Morgan fingerprint density at radius 2 is 1.88 bits per heavy atom. The molecule has 168 valence electrons. The number of amides is 1. The average molecular weight is 458 g/mol. The maximum atomic E-state index is 13.0. The van der Waals surface area contributed by atoms with E-state index in [1.54, 1.807) is 11.3 Å². The lowest BCUT2D eigenvalue weighted by atomic mass is 10.2. The van der Waals surface area contributed by atoms with Crippen LogP contribution in [0, 0.1) is 25.2 Å². The van der Waals surface area contributed by atoms with E-state index in [9.17, 15) is 10.1 Å². The van der Waals surface area contributed by atoms with Crippen LogP contribution in [0.3, 0.4) is 0 Å². The summed E-state index contributed by atoms with van der Waals surface area (Å²) in [4.78, 5) is 19.7. The van der Waals surface area contributed by atoms with Gasteiger partial charge in [-0.25, -0.2) is 4.98 Å². The minimum atomic E-state index is -0.159. The molecule has 2 aromatic carbocycles. The van der Waals surface area contributed by atoms with Crippen molar-refractivity contribution in [3.63, 3.8) is 0 Å². The molecule has 0 aliphatic rings. The molecule has 0 saturated carbocycles. The Morgan fingerprint density at radius 3 is 2.58 bits per heavy atom. The van der Waals surface area contributed by atoms with Crippen LogP contribution in [0.2, 0.25) is 0 Å². The van der Waals surface area contributed by atoms with Crippen molar-refractivity contribution in [2.75, 3.05) is 18.9 Å². The molecule has 1 N–H and O–H groups in total. The fraction of sp³-hybridized carbons (Fsp3) is 0.269. The summed E-state index contributed by atoms with van der Waals surface area (Å²) in [5.41, 5.74) is 4.46. The molecule has 4 aromatic rings. The summed E-state index contributed by atoms with van der Waals surface area (Å²) in [6, 6.07) is 20.4. The third kappa shape index (κ3) is 4.68. The van der Waals surface area contributed by atoms with E-state index in [1.807, 2.05) is 78.9 Å². The highest BCUT2D eigenvalue weighted by molar-refractivity contribution is 7.18. The predicted octanol–water partition coefficient (Wildman–Crippen LogP) is 5.27. The molecule has 0 saturated heterocycles. The van der Waals surface area contributed by atoms with Crippen LogP contribution in [0.4, 0.5) is 5.82 Å². The first-order valence-corrected chi connectivity index (χ1v) is 11.7. The third-order valence-corrected chi connectivity index (χ3v) is 7.31. The van der Waals surface area contributed by atoms with E-state index in [4.69, 9.17) is 4.98 Å². The van der Waals surface area contributed by atoms with Gasteiger partial charge in [-0.05, 0) is 51.1 Å². The Morgan fingerprint density at radius 1 is 1.18 bits per heavy atom. The van der Waals surface area contributed by atoms with Crippen LogP contribution in [0.15, 0.2) is 54.6 Å². The van der Waals surface area contributed by atoms with Crippen molar-refractivity contribution in [1.82, 2.24) is 14.5 Å². The Hall–Kier alpha value is -3.47. The highest BCUT2D eigenvalue weighted by atomic mass is 32.1. The normalized spacial score (nSPS) is 12.1. The zero-order valence-electron chi connectivity index (χ0n) is 19.3. The van der Waals surface area contributed by atoms with Crippen LogP contribution < -0.4 is 5.32 Å². The largest absolute Gasteiger partial charge is 0.326 e. The van der Waals surface area contributed by atoms with Gasteiger partial charge in [-0.2, -0.15) is 5.26 Å². The first-order valence-electron chi connectivity index (χ1n) is 10.9. The molecule has 0 spiro atoms. The minimum absolute atomic E-state index is 0.0110. The van der Waals surface area contributed by atoms with Crippen molar-refractivity contribution in [3.05, 3.63) is 82.0 Å². The summed E-state index contributed by atoms with van der Waals surface area (Å²) in [5, 5.41) is 13.8. The Balaban J connectivity index is 1.52. The van der Waals surface area contributed by atoms with Crippen LogP contribution in [-0.2, 0) is 11.3 Å². The SMILES string of the molecule is Cc1c(C#N)c(NC(=O)CN(C)C(C)c2nc3ccccc3s2)n(Cc2ccccc2)c1C. The van der Waals surface area contributed by atoms with Crippen molar-refractivity contribution in [2.24, 2.45) is 0 Å². The fourth-order valence-corrected chi connectivity index (χ4v) is 4.97. The number of benzene rings is 2. The van der Waals surface area contributed by atoms with Crippen molar-refractivity contribution in [3.8, 4) is 6.07 Å². The predicted molar refractivity (Wildman–Crippen MR) is 133 cm³/mol. The zero-order valence-corrected chi connectivity index (χ0v) is 20.1. The van der Waals surface area contributed by atoms with Crippen molar-refractivity contribution in [1.29, 1.82) is 5.26 Å². The van der Waals surface area contributed by atoms with Gasteiger partial charge in [-0.3, -0.25) is 9.69 Å². The number of thiazole rings is 1. The lowest BCUT2D eigenvalue weighted by molar-refractivity contribution is -0.117. The Kier molecular flexibility index (Phi) is 6.59. The van der Waals surface area contributed by atoms with E-state index in [0.29, 0.717) is 17.9 Å². The van der Waals surface area contributed by atoms with Gasteiger partial charge in [-0.15, -0.1) is 11.3 Å². The number of nitrogens with zero attached hydrogens (tertiary/aromatic N) is 4. The van der Waals surface area contributed by atoms with Gasteiger partial charge in [-0.1, -0.05) is 42.5 Å². The molecule has 1 unspecified atom stereocenters. The van der Waals surface area contributed by atoms with Crippen molar-refractivity contribution >= 4 is 33.3 Å². The fourth-order valence-electron chi connectivity index (χ4n) is 3.89. The lowest BCUT2D eigenvalue weighted by Crippen LogP contribution is -2.33. The molecule has 0 bridgehead atoms. The highest BCUT2D eigenvalue weighted by Gasteiger charge is 2.22. The number of para-hydroxylation sites is 1. The number of nitriles is 1. The maximum absolute atomic E-state index is 13.0. The van der Waals surface area contributed by atoms with E-state index < -0.39 is 0 Å². The summed E-state index contributed by atoms with van der Waals surface area (Å²) >= 11 is 1.65. The lowest BCUT2D eigenvalue weighted by Gasteiger charge is -2.22. The number of hydrogen-bond donors (Lipinski definition) is 1. The smallest absolute Gasteiger partial charge is 0.239 e. The number of aromatic nitrogens is 2. The van der Waals surface area contributed by atoms with Gasteiger partial charge in [0, 0.05) is 12.2 Å². The number of nitrogens with one attached hydrogen (secondary N) is 1. The van der Waals surface area contributed by atoms with E-state index >= 15 is 0 Å². The molecule has 7 heteroatoms. The summed E-state index contributed by atoms with van der Waals surface area (Å²) in [6.07, 6.45) is 0. The van der Waals surface area contributed by atoms with E-state index in [2.05, 4.69) is 24.4 Å². The molecule has 0 radical (unpaired) electrons. The van der Waals surface area contributed by atoms with Crippen LogP contribution in [0.5, 0.6) is 0 Å². The summed E-state index contributed by atoms with van der Waals surface area (Å²) < 4.78 is 3.15. The number of anilines is 1.